The molecule has 21 heavy (non-hydrogen) atoms. The van der Waals surface area contributed by atoms with Crippen molar-refractivity contribution in [3.05, 3.63) is 65.0 Å². The van der Waals surface area contributed by atoms with Crippen LogP contribution in [0.4, 0.5) is 4.39 Å². The van der Waals surface area contributed by atoms with Crippen LogP contribution in [-0.4, -0.2) is 7.11 Å². The van der Waals surface area contributed by atoms with E-state index in [2.05, 4.69) is 32.9 Å². The molecule has 0 aromatic heterocycles. The Kier molecular flexibility index (Phi) is 4.33. The number of methoxy groups -OCH3 is 1. The predicted octanol–water partition coefficient (Wildman–Crippen LogP) is 4.18. The molecule has 0 saturated carbocycles. The van der Waals surface area contributed by atoms with Crippen LogP contribution in [0.1, 0.15) is 43.5 Å². The van der Waals surface area contributed by atoms with Crippen LogP contribution >= 0.6 is 0 Å². The summed E-state index contributed by atoms with van der Waals surface area (Å²) in [5, 5.41) is 0. The van der Waals surface area contributed by atoms with E-state index in [4.69, 9.17) is 10.5 Å². The van der Waals surface area contributed by atoms with Gasteiger partial charge in [0.1, 0.15) is 11.6 Å². The molecule has 0 bridgehead atoms. The minimum absolute atomic E-state index is 0.0913. The molecule has 1 unspecified atom stereocenters. The van der Waals surface area contributed by atoms with Crippen molar-refractivity contribution in [1.82, 2.24) is 0 Å². The number of benzene rings is 2. The van der Waals surface area contributed by atoms with Crippen molar-refractivity contribution in [3.8, 4) is 5.75 Å². The van der Waals surface area contributed by atoms with Crippen molar-refractivity contribution in [3.63, 3.8) is 0 Å². The molecule has 0 heterocycles. The Bertz CT molecular complexity index is 614. The van der Waals surface area contributed by atoms with Gasteiger partial charge in [-0.2, -0.15) is 0 Å². The number of nitrogens with two attached hydrogens (primary N) is 1. The highest BCUT2D eigenvalue weighted by Gasteiger charge is 2.17. The molecule has 0 aliphatic rings. The third-order valence-electron chi connectivity index (χ3n) is 3.68. The fourth-order valence-electron chi connectivity index (χ4n) is 2.26. The van der Waals surface area contributed by atoms with E-state index in [1.54, 1.807) is 12.1 Å². The first-order chi connectivity index (χ1) is 9.82. The van der Waals surface area contributed by atoms with Crippen LogP contribution in [0.5, 0.6) is 5.75 Å². The third-order valence-corrected chi connectivity index (χ3v) is 3.68. The molecule has 0 aliphatic heterocycles. The van der Waals surface area contributed by atoms with E-state index in [0.29, 0.717) is 11.3 Å². The van der Waals surface area contributed by atoms with E-state index < -0.39 is 6.04 Å². The van der Waals surface area contributed by atoms with Crippen molar-refractivity contribution >= 4 is 0 Å². The quantitative estimate of drug-likeness (QED) is 0.919. The summed E-state index contributed by atoms with van der Waals surface area (Å²) in [7, 11) is 1.51. The summed E-state index contributed by atoms with van der Waals surface area (Å²) in [4.78, 5) is 0. The van der Waals surface area contributed by atoms with Crippen LogP contribution in [0.25, 0.3) is 0 Å². The smallest absolute Gasteiger partial charge is 0.132 e. The first kappa shape index (κ1) is 15.5. The maximum absolute atomic E-state index is 14.1. The molecule has 0 fully saturated rings. The van der Waals surface area contributed by atoms with Crippen LogP contribution < -0.4 is 10.5 Å². The molecule has 2 aromatic rings. The fraction of sp³-hybridized carbons (Fsp3) is 0.333. The number of halogens is 1. The second-order valence-electron chi connectivity index (χ2n) is 6.24. The van der Waals surface area contributed by atoms with Gasteiger partial charge in [-0.1, -0.05) is 51.1 Å². The lowest BCUT2D eigenvalue weighted by atomic mass is 9.86. The Labute approximate surface area is 125 Å². The van der Waals surface area contributed by atoms with Crippen molar-refractivity contribution in [2.75, 3.05) is 7.11 Å². The summed E-state index contributed by atoms with van der Waals surface area (Å²) < 4.78 is 19.1. The zero-order valence-electron chi connectivity index (χ0n) is 13.0. The number of hydrogen-bond donors (Lipinski definition) is 1. The van der Waals surface area contributed by atoms with Crippen molar-refractivity contribution < 1.29 is 9.13 Å². The zero-order chi connectivity index (χ0) is 15.6. The van der Waals surface area contributed by atoms with Gasteiger partial charge in [-0.3, -0.25) is 0 Å². The normalized spacial score (nSPS) is 13.0. The fourth-order valence-corrected chi connectivity index (χ4v) is 2.26. The van der Waals surface area contributed by atoms with Gasteiger partial charge in [0, 0.05) is 11.6 Å². The second kappa shape index (κ2) is 5.86. The average molecular weight is 287 g/mol. The molecule has 2 rings (SSSR count). The first-order valence-corrected chi connectivity index (χ1v) is 7.02. The Morgan fingerprint density at radius 1 is 1.05 bits per heavy atom. The van der Waals surface area contributed by atoms with Crippen molar-refractivity contribution in [2.24, 2.45) is 5.73 Å². The van der Waals surface area contributed by atoms with Gasteiger partial charge in [0.2, 0.25) is 0 Å². The summed E-state index contributed by atoms with van der Waals surface area (Å²) in [6.07, 6.45) is 0. The van der Waals surface area contributed by atoms with Crippen molar-refractivity contribution in [1.29, 1.82) is 0 Å². The van der Waals surface area contributed by atoms with E-state index in [0.717, 1.165) is 5.56 Å². The van der Waals surface area contributed by atoms with E-state index >= 15 is 0 Å². The van der Waals surface area contributed by atoms with Gasteiger partial charge in [-0.15, -0.1) is 0 Å². The SMILES string of the molecule is COc1ccc(C(N)c2ccc(C(C)(C)C)cc2)c(F)c1. The van der Waals surface area contributed by atoms with Crippen LogP contribution in [-0.2, 0) is 5.41 Å². The average Bonchev–Trinajstić information content (AvgIpc) is 2.45. The van der Waals surface area contributed by atoms with Gasteiger partial charge in [0.25, 0.3) is 0 Å². The van der Waals surface area contributed by atoms with Crippen LogP contribution in [0.2, 0.25) is 0 Å². The maximum Gasteiger partial charge on any atom is 0.132 e. The summed E-state index contributed by atoms with van der Waals surface area (Å²) >= 11 is 0. The van der Waals surface area contributed by atoms with Gasteiger partial charge in [-0.25, -0.2) is 4.39 Å². The molecule has 112 valence electrons. The molecule has 3 heteroatoms. The molecule has 0 spiro atoms. The van der Waals surface area contributed by atoms with E-state index in [-0.39, 0.29) is 11.2 Å². The van der Waals surface area contributed by atoms with Crippen LogP contribution in [0.15, 0.2) is 42.5 Å². The number of rotatable bonds is 3. The van der Waals surface area contributed by atoms with Gasteiger partial charge in [-0.05, 0) is 22.6 Å². The molecule has 1 atom stereocenters. The lowest BCUT2D eigenvalue weighted by Gasteiger charge is -2.20. The Morgan fingerprint density at radius 3 is 2.14 bits per heavy atom. The summed E-state index contributed by atoms with van der Waals surface area (Å²) in [6.45, 7) is 6.47. The largest absolute Gasteiger partial charge is 0.497 e. The zero-order valence-corrected chi connectivity index (χ0v) is 13.0. The highest BCUT2D eigenvalue weighted by atomic mass is 19.1. The second-order valence-corrected chi connectivity index (χ2v) is 6.24. The van der Waals surface area contributed by atoms with Crippen molar-refractivity contribution in [2.45, 2.75) is 32.2 Å². The maximum atomic E-state index is 14.1. The van der Waals surface area contributed by atoms with E-state index in [1.165, 1.54) is 18.7 Å². The predicted molar refractivity (Wildman–Crippen MR) is 84.1 cm³/mol. The lowest BCUT2D eigenvalue weighted by Crippen LogP contribution is -2.15. The number of ether oxygens (including phenoxy) is 1. The molecule has 2 aromatic carbocycles. The molecule has 0 aliphatic carbocycles. The van der Waals surface area contributed by atoms with E-state index in [1.807, 2.05) is 12.1 Å². The Hall–Kier alpha value is -1.87. The Morgan fingerprint density at radius 2 is 1.67 bits per heavy atom. The molecule has 0 radical (unpaired) electrons. The topological polar surface area (TPSA) is 35.2 Å². The van der Waals surface area contributed by atoms with Gasteiger partial charge in [0.05, 0.1) is 13.2 Å². The molecule has 2 nitrogen and oxygen atoms in total. The van der Waals surface area contributed by atoms with E-state index in [9.17, 15) is 4.39 Å². The minimum Gasteiger partial charge on any atom is -0.497 e. The lowest BCUT2D eigenvalue weighted by molar-refractivity contribution is 0.410. The third kappa shape index (κ3) is 3.42. The standard InChI is InChI=1S/C18H22FNO/c1-18(2,3)13-7-5-12(6-8-13)17(20)15-10-9-14(21-4)11-16(15)19/h5-11,17H,20H2,1-4H3. The number of hydrogen-bond acceptors (Lipinski definition) is 2. The first-order valence-electron chi connectivity index (χ1n) is 7.02. The van der Waals surface area contributed by atoms with Crippen LogP contribution in [0, 0.1) is 5.82 Å². The minimum atomic E-state index is -0.482. The highest BCUT2D eigenvalue weighted by molar-refractivity contribution is 5.38. The van der Waals surface area contributed by atoms with Gasteiger partial charge in [0.15, 0.2) is 0 Å². The molecule has 0 saturated heterocycles. The summed E-state index contributed by atoms with van der Waals surface area (Å²) in [5.41, 5.74) is 8.88. The molecular formula is C18H22FNO. The van der Waals surface area contributed by atoms with Gasteiger partial charge >= 0.3 is 0 Å². The Balaban J connectivity index is 2.30. The molecule has 0 amide bonds. The monoisotopic (exact) mass is 287 g/mol. The molecule has 2 N–H and O–H groups in total. The summed E-state index contributed by atoms with van der Waals surface area (Å²) in [6, 6.07) is 12.3. The van der Waals surface area contributed by atoms with Gasteiger partial charge < -0.3 is 10.5 Å². The molecular weight excluding hydrogens is 265 g/mol. The van der Waals surface area contributed by atoms with Crippen LogP contribution in [0.3, 0.4) is 0 Å². The highest BCUT2D eigenvalue weighted by Crippen LogP contribution is 2.28. The summed E-state index contributed by atoms with van der Waals surface area (Å²) in [5.74, 6) is 0.147.